The number of thiazole rings is 1. The average molecular weight is 327 g/mol. The van der Waals surface area contributed by atoms with Crippen LogP contribution >= 0.6 is 34.5 Å². The minimum absolute atomic E-state index is 0.162. The third-order valence-electron chi connectivity index (χ3n) is 2.79. The van der Waals surface area contributed by atoms with Crippen LogP contribution < -0.4 is 9.61 Å². The van der Waals surface area contributed by atoms with Gasteiger partial charge >= 0.3 is 4.87 Å². The Labute approximate surface area is 128 Å². The lowest BCUT2D eigenvalue weighted by molar-refractivity contribution is 0.415. The number of ether oxygens (including phenoxy) is 1. The van der Waals surface area contributed by atoms with Crippen molar-refractivity contribution in [3.63, 3.8) is 0 Å². The second kappa shape index (κ2) is 5.09. The van der Waals surface area contributed by atoms with E-state index in [1.807, 2.05) is 6.07 Å². The molecular weight excluding hydrogens is 319 g/mol. The molecular formula is C13H8Cl2N2O2S. The predicted octanol–water partition coefficient (Wildman–Crippen LogP) is 3.76. The number of benzene rings is 1. The van der Waals surface area contributed by atoms with Crippen molar-refractivity contribution in [1.29, 1.82) is 0 Å². The van der Waals surface area contributed by atoms with E-state index in [1.54, 1.807) is 25.3 Å². The van der Waals surface area contributed by atoms with Gasteiger partial charge in [-0.1, -0.05) is 34.5 Å². The minimum Gasteiger partial charge on any atom is -0.497 e. The van der Waals surface area contributed by atoms with E-state index in [0.29, 0.717) is 27.1 Å². The molecule has 0 atom stereocenters. The third-order valence-corrected chi connectivity index (χ3v) is 4.19. The largest absolute Gasteiger partial charge is 0.497 e. The Bertz CT molecular complexity index is 857. The van der Waals surface area contributed by atoms with Gasteiger partial charge in [0, 0.05) is 12.3 Å². The summed E-state index contributed by atoms with van der Waals surface area (Å²) < 4.78 is 7.48. The molecule has 0 bridgehead atoms. The van der Waals surface area contributed by atoms with Crippen LogP contribution in [0.5, 0.6) is 5.75 Å². The lowest BCUT2D eigenvalue weighted by atomic mass is 10.3. The Hall–Kier alpha value is -1.56. The topological polar surface area (TPSA) is 44.1 Å². The number of rotatable bonds is 2. The van der Waals surface area contributed by atoms with Gasteiger partial charge in [-0.15, -0.1) is 0 Å². The zero-order valence-corrected chi connectivity index (χ0v) is 12.6. The molecule has 2 aromatic heterocycles. The number of nitrogens with zero attached hydrogens (tertiary/aromatic N) is 2. The van der Waals surface area contributed by atoms with Crippen LogP contribution in [0.1, 0.15) is 0 Å². The summed E-state index contributed by atoms with van der Waals surface area (Å²) in [5.41, 5.74) is 0.705. The maximum atomic E-state index is 12.2. The standard InChI is InChI=1S/C13H8Cl2N2O2S/c1-19-8-2-3-11-10(5-8)17(13(18)20-11)12-9(15)4-7(14)6-16-12/h2-6H,1H3. The van der Waals surface area contributed by atoms with Crippen LogP contribution in [0.3, 0.4) is 0 Å². The van der Waals surface area contributed by atoms with Crippen molar-refractivity contribution in [1.82, 2.24) is 9.55 Å². The minimum atomic E-state index is -0.162. The molecule has 0 spiro atoms. The first-order valence-corrected chi connectivity index (χ1v) is 7.18. The zero-order valence-electron chi connectivity index (χ0n) is 10.3. The zero-order chi connectivity index (χ0) is 14.3. The Balaban J connectivity index is 2.34. The summed E-state index contributed by atoms with van der Waals surface area (Å²) >= 11 is 13.1. The number of aromatic nitrogens is 2. The van der Waals surface area contributed by atoms with Gasteiger partial charge in [-0.05, 0) is 18.2 Å². The van der Waals surface area contributed by atoms with Gasteiger partial charge in [0.1, 0.15) is 5.75 Å². The Morgan fingerprint density at radius 3 is 2.80 bits per heavy atom. The lowest BCUT2D eigenvalue weighted by Gasteiger charge is -2.06. The van der Waals surface area contributed by atoms with E-state index in [2.05, 4.69) is 4.98 Å². The van der Waals surface area contributed by atoms with Gasteiger partial charge in [-0.2, -0.15) is 0 Å². The van der Waals surface area contributed by atoms with Crippen molar-refractivity contribution in [2.24, 2.45) is 0 Å². The maximum absolute atomic E-state index is 12.2. The first-order chi connectivity index (χ1) is 9.60. The van der Waals surface area contributed by atoms with E-state index in [1.165, 1.54) is 10.8 Å². The normalized spacial score (nSPS) is 10.9. The molecule has 3 rings (SSSR count). The fourth-order valence-electron chi connectivity index (χ4n) is 1.90. The van der Waals surface area contributed by atoms with Gasteiger partial charge in [-0.25, -0.2) is 9.55 Å². The van der Waals surface area contributed by atoms with Gasteiger partial charge in [0.05, 0.1) is 27.4 Å². The van der Waals surface area contributed by atoms with Crippen LogP contribution in [-0.2, 0) is 0 Å². The number of hydrogen-bond acceptors (Lipinski definition) is 4. The highest BCUT2D eigenvalue weighted by Gasteiger charge is 2.14. The summed E-state index contributed by atoms with van der Waals surface area (Å²) in [5, 5.41) is 0.742. The molecule has 0 unspecified atom stereocenters. The molecule has 1 aromatic carbocycles. The summed E-state index contributed by atoms with van der Waals surface area (Å²) in [7, 11) is 1.57. The second-order valence-corrected chi connectivity index (χ2v) is 5.83. The van der Waals surface area contributed by atoms with Crippen molar-refractivity contribution in [3.05, 3.63) is 50.2 Å². The first-order valence-electron chi connectivity index (χ1n) is 5.61. The van der Waals surface area contributed by atoms with Gasteiger partial charge < -0.3 is 4.74 Å². The van der Waals surface area contributed by atoms with E-state index in [-0.39, 0.29) is 4.87 Å². The van der Waals surface area contributed by atoms with Gasteiger partial charge in [-0.3, -0.25) is 4.79 Å². The predicted molar refractivity (Wildman–Crippen MR) is 81.8 cm³/mol. The van der Waals surface area contributed by atoms with Gasteiger partial charge in [0.15, 0.2) is 5.82 Å². The highest BCUT2D eigenvalue weighted by Crippen LogP contribution is 2.28. The number of fused-ring (bicyclic) bond motifs is 1. The van der Waals surface area contributed by atoms with E-state index in [9.17, 15) is 4.79 Å². The molecule has 0 radical (unpaired) electrons. The number of hydrogen-bond donors (Lipinski definition) is 0. The molecule has 0 saturated heterocycles. The van der Waals surface area contributed by atoms with E-state index in [4.69, 9.17) is 27.9 Å². The van der Waals surface area contributed by atoms with E-state index < -0.39 is 0 Å². The van der Waals surface area contributed by atoms with Crippen LogP contribution in [0.15, 0.2) is 35.3 Å². The van der Waals surface area contributed by atoms with Crippen LogP contribution in [0, 0.1) is 0 Å². The van der Waals surface area contributed by atoms with Crippen molar-refractivity contribution >= 4 is 44.8 Å². The fourth-order valence-corrected chi connectivity index (χ4v) is 3.22. The highest BCUT2D eigenvalue weighted by molar-refractivity contribution is 7.16. The summed E-state index contributed by atoms with van der Waals surface area (Å²) in [4.78, 5) is 16.2. The SMILES string of the molecule is COc1ccc2sc(=O)n(-c3ncc(Cl)cc3Cl)c2c1. The van der Waals surface area contributed by atoms with E-state index in [0.717, 1.165) is 16.0 Å². The number of pyridine rings is 1. The average Bonchev–Trinajstić information content (AvgIpc) is 2.74. The molecule has 0 amide bonds. The fraction of sp³-hybridized carbons (Fsp3) is 0.0769. The van der Waals surface area contributed by atoms with E-state index >= 15 is 0 Å². The summed E-state index contributed by atoms with van der Waals surface area (Å²) in [6, 6.07) is 6.97. The van der Waals surface area contributed by atoms with Crippen LogP contribution in [0.2, 0.25) is 10.0 Å². The smallest absolute Gasteiger partial charge is 0.313 e. The quantitative estimate of drug-likeness (QED) is 0.720. The Kier molecular flexibility index (Phi) is 3.41. The molecule has 0 aliphatic heterocycles. The first kappa shape index (κ1) is 13.4. The van der Waals surface area contributed by atoms with Gasteiger partial charge in [0.2, 0.25) is 0 Å². The molecule has 2 heterocycles. The van der Waals surface area contributed by atoms with Crippen LogP contribution in [0.25, 0.3) is 16.0 Å². The molecule has 0 aliphatic carbocycles. The summed E-state index contributed by atoms with van der Waals surface area (Å²) in [6.45, 7) is 0. The van der Waals surface area contributed by atoms with Crippen LogP contribution in [-0.4, -0.2) is 16.7 Å². The van der Waals surface area contributed by atoms with Crippen molar-refractivity contribution in [2.45, 2.75) is 0 Å². The van der Waals surface area contributed by atoms with Crippen molar-refractivity contribution < 1.29 is 4.74 Å². The number of methoxy groups -OCH3 is 1. The molecule has 0 aliphatic rings. The Morgan fingerprint density at radius 1 is 1.30 bits per heavy atom. The monoisotopic (exact) mass is 326 g/mol. The molecule has 0 fully saturated rings. The molecule has 0 N–H and O–H groups in total. The molecule has 7 heteroatoms. The third kappa shape index (κ3) is 2.18. The maximum Gasteiger partial charge on any atom is 0.313 e. The molecule has 20 heavy (non-hydrogen) atoms. The van der Waals surface area contributed by atoms with Crippen LogP contribution in [0.4, 0.5) is 0 Å². The number of halogens is 2. The van der Waals surface area contributed by atoms with Gasteiger partial charge in [0.25, 0.3) is 0 Å². The van der Waals surface area contributed by atoms with Crippen molar-refractivity contribution in [3.8, 4) is 11.6 Å². The molecule has 102 valence electrons. The molecule has 4 nitrogen and oxygen atoms in total. The molecule has 3 aromatic rings. The van der Waals surface area contributed by atoms with Crippen molar-refractivity contribution in [2.75, 3.05) is 7.11 Å². The summed E-state index contributed by atoms with van der Waals surface area (Å²) in [6.07, 6.45) is 1.46. The lowest BCUT2D eigenvalue weighted by Crippen LogP contribution is -2.12. The molecule has 0 saturated carbocycles. The second-order valence-electron chi connectivity index (χ2n) is 4.00. The Morgan fingerprint density at radius 2 is 2.10 bits per heavy atom. The highest BCUT2D eigenvalue weighted by atomic mass is 35.5. The summed E-state index contributed by atoms with van der Waals surface area (Å²) in [5.74, 6) is 1.02.